The van der Waals surface area contributed by atoms with Crippen molar-refractivity contribution in [2.24, 2.45) is 0 Å². The number of amides is 1. The zero-order chi connectivity index (χ0) is 24.6. The maximum Gasteiger partial charge on any atom is 0.300 e. The van der Waals surface area contributed by atoms with Crippen molar-refractivity contribution in [2.45, 2.75) is 25.8 Å². The molecule has 174 valence electrons. The van der Waals surface area contributed by atoms with Gasteiger partial charge in [-0.05, 0) is 53.9 Å². The third kappa shape index (κ3) is 3.91. The second kappa shape index (κ2) is 9.05. The molecule has 1 N–H and O–H groups in total. The molecular weight excluding hydrogens is 442 g/mol. The number of ether oxygens (including phenoxy) is 1. The average molecular weight is 464 g/mol. The number of ketones is 1. The smallest absolute Gasteiger partial charge is 0.300 e. The summed E-state index contributed by atoms with van der Waals surface area (Å²) in [5.41, 5.74) is 0.787. The molecule has 0 radical (unpaired) electrons. The summed E-state index contributed by atoms with van der Waals surface area (Å²) in [5.74, 6) is -3.67. The minimum absolute atomic E-state index is 0.0463. The molecule has 1 unspecified atom stereocenters. The fourth-order valence-electron chi connectivity index (χ4n) is 4.06. The third-order valence-corrected chi connectivity index (χ3v) is 5.71. The van der Waals surface area contributed by atoms with Crippen LogP contribution in [0.3, 0.4) is 0 Å². The highest BCUT2D eigenvalue weighted by Gasteiger charge is 2.48. The molecule has 1 aliphatic rings. The Morgan fingerprint density at radius 1 is 1.09 bits per heavy atom. The highest BCUT2D eigenvalue weighted by molar-refractivity contribution is 6.51. The molecule has 34 heavy (non-hydrogen) atoms. The molecule has 0 aliphatic carbocycles. The molecule has 1 saturated heterocycles. The van der Waals surface area contributed by atoms with Gasteiger partial charge < -0.3 is 9.84 Å². The molecule has 4 rings (SSSR count). The van der Waals surface area contributed by atoms with Crippen molar-refractivity contribution in [3.05, 3.63) is 94.8 Å². The van der Waals surface area contributed by atoms with E-state index < -0.39 is 35.1 Å². The van der Waals surface area contributed by atoms with Crippen LogP contribution in [0, 0.1) is 11.6 Å². The molecule has 1 aromatic heterocycles. The molecule has 2 aromatic carbocycles. The van der Waals surface area contributed by atoms with E-state index in [2.05, 4.69) is 4.98 Å². The van der Waals surface area contributed by atoms with Gasteiger partial charge in [-0.25, -0.2) is 8.78 Å². The van der Waals surface area contributed by atoms with Crippen molar-refractivity contribution >= 4 is 23.1 Å². The number of carbonyl (C=O) groups excluding carboxylic acids is 2. The van der Waals surface area contributed by atoms with Gasteiger partial charge >= 0.3 is 0 Å². The maximum absolute atomic E-state index is 14.7. The number of anilines is 1. The number of hydrogen-bond donors (Lipinski definition) is 1. The normalized spacial score (nSPS) is 17.5. The van der Waals surface area contributed by atoms with Gasteiger partial charge in [-0.1, -0.05) is 19.9 Å². The lowest BCUT2D eigenvalue weighted by molar-refractivity contribution is -0.132. The fraction of sp³-hybridized carbons (Fsp3) is 0.192. The highest BCUT2D eigenvalue weighted by atomic mass is 19.1. The predicted molar refractivity (Wildman–Crippen MR) is 122 cm³/mol. The molecule has 8 heteroatoms. The Bertz CT molecular complexity index is 1310. The molecule has 0 spiro atoms. The zero-order valence-electron chi connectivity index (χ0n) is 18.8. The quantitative estimate of drug-likeness (QED) is 0.322. The van der Waals surface area contributed by atoms with Crippen LogP contribution < -0.4 is 9.64 Å². The first-order chi connectivity index (χ1) is 16.2. The summed E-state index contributed by atoms with van der Waals surface area (Å²) in [5, 5.41) is 11.2. The minimum Gasteiger partial charge on any atom is -0.507 e. The van der Waals surface area contributed by atoms with Crippen LogP contribution in [-0.2, 0) is 9.59 Å². The fourth-order valence-corrected chi connectivity index (χ4v) is 4.06. The van der Waals surface area contributed by atoms with E-state index >= 15 is 0 Å². The summed E-state index contributed by atoms with van der Waals surface area (Å²) in [6, 6.07) is 11.2. The Morgan fingerprint density at radius 2 is 1.85 bits per heavy atom. The number of halogens is 2. The van der Waals surface area contributed by atoms with Gasteiger partial charge in [0.1, 0.15) is 29.2 Å². The summed E-state index contributed by atoms with van der Waals surface area (Å²) in [6.45, 7) is 3.90. The molecule has 0 bridgehead atoms. The van der Waals surface area contributed by atoms with Gasteiger partial charge in [0.2, 0.25) is 0 Å². The Morgan fingerprint density at radius 3 is 2.47 bits per heavy atom. The topological polar surface area (TPSA) is 79.7 Å². The van der Waals surface area contributed by atoms with Crippen LogP contribution in [0.15, 0.2) is 66.4 Å². The summed E-state index contributed by atoms with van der Waals surface area (Å²) < 4.78 is 33.6. The Hall–Kier alpha value is -4.07. The van der Waals surface area contributed by atoms with Gasteiger partial charge in [0.15, 0.2) is 0 Å². The molecule has 1 fully saturated rings. The number of Topliss-reactive ketones (excluding diaryl/α,β-unsaturated/α-hetero) is 1. The number of benzene rings is 2. The van der Waals surface area contributed by atoms with E-state index in [1.807, 2.05) is 13.8 Å². The predicted octanol–water partition coefficient (Wildman–Crippen LogP) is 5.12. The highest BCUT2D eigenvalue weighted by Crippen LogP contribution is 2.43. The number of rotatable bonds is 5. The number of aliphatic hydroxyl groups is 1. The molecule has 1 aliphatic heterocycles. The molecule has 6 nitrogen and oxygen atoms in total. The number of aromatic nitrogens is 1. The van der Waals surface area contributed by atoms with Crippen LogP contribution in [-0.4, -0.2) is 28.9 Å². The number of aliphatic hydroxyl groups excluding tert-OH is 1. The van der Waals surface area contributed by atoms with E-state index in [1.165, 1.54) is 13.3 Å². The first-order valence-corrected chi connectivity index (χ1v) is 10.6. The van der Waals surface area contributed by atoms with Crippen molar-refractivity contribution in [1.82, 2.24) is 4.98 Å². The Labute approximate surface area is 195 Å². The summed E-state index contributed by atoms with van der Waals surface area (Å²) in [4.78, 5) is 31.4. The van der Waals surface area contributed by atoms with Crippen molar-refractivity contribution in [3.63, 3.8) is 0 Å². The second-order valence-corrected chi connectivity index (χ2v) is 8.13. The van der Waals surface area contributed by atoms with Gasteiger partial charge in [0.05, 0.1) is 24.1 Å². The van der Waals surface area contributed by atoms with Crippen LogP contribution in [0.1, 0.15) is 42.6 Å². The largest absolute Gasteiger partial charge is 0.507 e. The number of pyridine rings is 1. The lowest BCUT2D eigenvalue weighted by Crippen LogP contribution is -2.30. The van der Waals surface area contributed by atoms with E-state index in [0.717, 1.165) is 22.6 Å². The Kier molecular flexibility index (Phi) is 6.15. The van der Waals surface area contributed by atoms with Gasteiger partial charge in [0.25, 0.3) is 11.7 Å². The van der Waals surface area contributed by atoms with Crippen LogP contribution in [0.25, 0.3) is 5.76 Å². The molecular formula is C26H22F2N2O4. The third-order valence-electron chi connectivity index (χ3n) is 5.71. The first-order valence-electron chi connectivity index (χ1n) is 10.6. The van der Waals surface area contributed by atoms with E-state index in [4.69, 9.17) is 4.74 Å². The van der Waals surface area contributed by atoms with Crippen LogP contribution in [0.4, 0.5) is 14.5 Å². The van der Waals surface area contributed by atoms with E-state index in [9.17, 15) is 23.5 Å². The lowest BCUT2D eigenvalue weighted by Gasteiger charge is -2.25. The van der Waals surface area contributed by atoms with Crippen molar-refractivity contribution in [2.75, 3.05) is 12.0 Å². The number of carbonyl (C=O) groups is 2. The molecule has 1 amide bonds. The maximum atomic E-state index is 14.7. The van der Waals surface area contributed by atoms with Crippen LogP contribution in [0.5, 0.6) is 5.75 Å². The van der Waals surface area contributed by atoms with Gasteiger partial charge in [-0.2, -0.15) is 0 Å². The summed E-state index contributed by atoms with van der Waals surface area (Å²) in [7, 11) is 1.53. The summed E-state index contributed by atoms with van der Waals surface area (Å²) >= 11 is 0. The van der Waals surface area contributed by atoms with E-state index in [-0.39, 0.29) is 22.9 Å². The zero-order valence-corrected chi connectivity index (χ0v) is 18.8. The van der Waals surface area contributed by atoms with Gasteiger partial charge in [0, 0.05) is 17.8 Å². The molecule has 0 saturated carbocycles. The van der Waals surface area contributed by atoms with Crippen LogP contribution >= 0.6 is 0 Å². The number of nitrogens with zero attached hydrogens (tertiary/aromatic N) is 2. The molecule has 2 heterocycles. The van der Waals surface area contributed by atoms with Gasteiger partial charge in [-0.15, -0.1) is 0 Å². The average Bonchev–Trinajstić information content (AvgIpc) is 3.09. The second-order valence-electron chi connectivity index (χ2n) is 8.13. The van der Waals surface area contributed by atoms with Crippen molar-refractivity contribution in [3.8, 4) is 5.75 Å². The van der Waals surface area contributed by atoms with Gasteiger partial charge in [-0.3, -0.25) is 19.5 Å². The van der Waals surface area contributed by atoms with E-state index in [1.54, 1.807) is 36.4 Å². The first kappa shape index (κ1) is 23.1. The van der Waals surface area contributed by atoms with Crippen molar-refractivity contribution < 1.29 is 28.2 Å². The van der Waals surface area contributed by atoms with Crippen LogP contribution in [0.2, 0.25) is 0 Å². The number of methoxy groups -OCH3 is 1. The van der Waals surface area contributed by atoms with Crippen molar-refractivity contribution in [1.29, 1.82) is 0 Å². The standard InChI is InChI=1S/C26H22F2N2O4/c1-14(2)17-12-15(7-10-21(17)34-3)24(31)22-23(19-6-4-5-11-29-19)30(26(33)25(22)32)20-9-8-16(27)13-18(20)28/h4-14,23,31H,1-3H3/b24-22-. The monoisotopic (exact) mass is 464 g/mol. The number of hydrogen-bond acceptors (Lipinski definition) is 5. The molecule has 1 atom stereocenters. The SMILES string of the molecule is COc1ccc(/C(O)=C2/C(=O)C(=O)N(c3ccc(F)cc3F)C2c2ccccn2)cc1C(C)C. The molecule has 3 aromatic rings. The Balaban J connectivity index is 1.95. The van der Waals surface area contributed by atoms with E-state index in [0.29, 0.717) is 17.4 Å². The lowest BCUT2D eigenvalue weighted by atomic mass is 9.94. The summed E-state index contributed by atoms with van der Waals surface area (Å²) in [6.07, 6.45) is 1.46. The minimum atomic E-state index is -1.22.